The Morgan fingerprint density at radius 1 is 0.900 bits per heavy atom. The molecule has 2 heterocycles. The summed E-state index contributed by atoms with van der Waals surface area (Å²) in [5.41, 5.74) is -2.73. The van der Waals surface area contributed by atoms with Gasteiger partial charge in [0.1, 0.15) is 6.04 Å². The number of rotatable bonds is 7. The monoisotopic (exact) mass is 567 g/mol. The maximum atomic E-state index is 13.2. The Hall–Kier alpha value is -3.48. The molecule has 2 N–H and O–H groups in total. The first-order valence-corrected chi connectivity index (χ1v) is 12.3. The smallest absolute Gasteiger partial charge is 0.430 e. The summed E-state index contributed by atoms with van der Waals surface area (Å²) in [7, 11) is 0. The summed E-state index contributed by atoms with van der Waals surface area (Å²) >= 11 is 0. The maximum absolute atomic E-state index is 13.2. The minimum absolute atomic E-state index is 0.310. The zero-order chi connectivity index (χ0) is 29.3. The lowest BCUT2D eigenvalue weighted by Gasteiger charge is -2.39. The van der Waals surface area contributed by atoms with Crippen LogP contribution in [-0.4, -0.2) is 69.0 Å². The Kier molecular flexibility index (Phi) is 8.25. The van der Waals surface area contributed by atoms with E-state index in [-0.39, 0.29) is 0 Å². The van der Waals surface area contributed by atoms with Crippen molar-refractivity contribution in [3.63, 3.8) is 0 Å². The number of aryl methyl sites for hydroxylation is 1. The van der Waals surface area contributed by atoms with E-state index in [2.05, 4.69) is 4.98 Å². The van der Waals surface area contributed by atoms with Crippen molar-refractivity contribution < 1.29 is 41.4 Å². The predicted molar refractivity (Wildman–Crippen MR) is 134 cm³/mol. The third-order valence-electron chi connectivity index (χ3n) is 7.13. The summed E-state index contributed by atoms with van der Waals surface area (Å²) in [5.74, 6) is -0.920. The number of carboxylic acid groups (broad SMARTS) is 1. The number of hydrogen-bond acceptors (Lipinski definition) is 5. The Balaban J connectivity index is 1.47. The topological polar surface area (TPSA) is 76.9 Å². The molecule has 1 saturated heterocycles. The van der Waals surface area contributed by atoms with E-state index in [1.807, 2.05) is 28.0 Å². The van der Waals surface area contributed by atoms with Crippen molar-refractivity contribution >= 4 is 5.97 Å². The molecule has 4 rings (SSSR count). The average molecular weight is 568 g/mol. The number of nitrogens with zero attached hydrogens (tertiary/aromatic N) is 3. The summed E-state index contributed by atoms with van der Waals surface area (Å²) in [6.07, 6.45) is -8.58. The van der Waals surface area contributed by atoms with E-state index >= 15 is 0 Å². The largest absolute Gasteiger partial charge is 0.480 e. The number of pyridine rings is 1. The van der Waals surface area contributed by atoms with Crippen LogP contribution in [0.3, 0.4) is 0 Å². The summed E-state index contributed by atoms with van der Waals surface area (Å²) < 4.78 is 79.1. The van der Waals surface area contributed by atoms with Crippen molar-refractivity contribution in [1.29, 1.82) is 0 Å². The van der Waals surface area contributed by atoms with Gasteiger partial charge >= 0.3 is 18.3 Å². The zero-order valence-corrected chi connectivity index (χ0v) is 21.4. The molecule has 0 aliphatic carbocycles. The Labute approximate surface area is 226 Å². The molecule has 0 radical (unpaired) electrons. The molecule has 0 spiro atoms. The number of hydrogen-bond donors (Lipinski definition) is 2. The quantitative estimate of drug-likeness (QED) is 0.385. The van der Waals surface area contributed by atoms with Crippen LogP contribution in [0.4, 0.5) is 26.3 Å². The highest BCUT2D eigenvalue weighted by Crippen LogP contribution is 2.50. The second kappa shape index (κ2) is 11.2. The molecule has 0 bridgehead atoms. The van der Waals surface area contributed by atoms with Gasteiger partial charge in [0.25, 0.3) is 5.60 Å². The van der Waals surface area contributed by atoms with Crippen LogP contribution in [0.15, 0.2) is 67.0 Å². The van der Waals surface area contributed by atoms with E-state index in [4.69, 9.17) is 0 Å². The molecule has 0 unspecified atom stereocenters. The van der Waals surface area contributed by atoms with E-state index in [0.717, 1.165) is 28.8 Å². The molecule has 1 aromatic heterocycles. The highest BCUT2D eigenvalue weighted by molar-refractivity contribution is 5.74. The molecule has 3 aromatic rings. The van der Waals surface area contributed by atoms with E-state index in [9.17, 15) is 41.4 Å². The van der Waals surface area contributed by atoms with Gasteiger partial charge in [-0.05, 0) is 46.9 Å². The van der Waals surface area contributed by atoms with Crippen molar-refractivity contribution in [2.24, 2.45) is 0 Å². The van der Waals surface area contributed by atoms with E-state index in [0.29, 0.717) is 56.0 Å². The third kappa shape index (κ3) is 5.98. The van der Waals surface area contributed by atoms with Gasteiger partial charge in [0.05, 0.1) is 0 Å². The Morgan fingerprint density at radius 3 is 2.08 bits per heavy atom. The van der Waals surface area contributed by atoms with Crippen LogP contribution in [0.1, 0.15) is 22.3 Å². The standard InChI is InChI=1S/C28H27F6N3O3/c1-18-14-20(15-36-12-13-37(24(17-36)25(38)39)16-19-8-10-35-11-9-19)2-7-23(18)21-3-5-22(6-4-21)26(40,27(29,30)31)28(32,33)34/h2-11,14,24,40H,12-13,15-17H2,1H3,(H,38,39)/t24-/m0/s1. The van der Waals surface area contributed by atoms with E-state index in [1.54, 1.807) is 31.5 Å². The number of carboxylic acids is 1. The van der Waals surface area contributed by atoms with Crippen LogP contribution in [0.5, 0.6) is 0 Å². The molecule has 214 valence electrons. The minimum atomic E-state index is -5.95. The SMILES string of the molecule is Cc1cc(CN2CCN(Cc3ccncc3)[C@H](C(=O)O)C2)ccc1-c1ccc(C(O)(C(F)(F)F)C(F)(F)F)cc1. The third-order valence-corrected chi connectivity index (χ3v) is 7.13. The van der Waals surface area contributed by atoms with Crippen molar-refractivity contribution in [2.45, 2.75) is 44.0 Å². The normalized spacial score (nSPS) is 17.6. The molecular formula is C28H27F6N3O3. The molecule has 12 heteroatoms. The van der Waals surface area contributed by atoms with Crippen LogP contribution in [0, 0.1) is 6.92 Å². The Morgan fingerprint density at radius 2 is 1.52 bits per heavy atom. The number of halogens is 6. The van der Waals surface area contributed by atoms with E-state index < -0.39 is 35.5 Å². The lowest BCUT2D eigenvalue weighted by Crippen LogP contribution is -2.55. The first kappa shape index (κ1) is 29.5. The summed E-state index contributed by atoms with van der Waals surface area (Å²) in [5, 5.41) is 19.4. The second-order valence-corrected chi connectivity index (χ2v) is 9.85. The summed E-state index contributed by atoms with van der Waals surface area (Å²) in [4.78, 5) is 19.9. The van der Waals surface area contributed by atoms with Gasteiger partial charge in [0.15, 0.2) is 0 Å². The fourth-order valence-electron chi connectivity index (χ4n) is 4.95. The van der Waals surface area contributed by atoms with Crippen LogP contribution in [0.2, 0.25) is 0 Å². The Bertz CT molecular complexity index is 1320. The molecule has 0 amide bonds. The number of aliphatic carboxylic acids is 1. The number of alkyl halides is 6. The van der Waals surface area contributed by atoms with Crippen molar-refractivity contribution in [2.75, 3.05) is 19.6 Å². The van der Waals surface area contributed by atoms with Crippen molar-refractivity contribution in [3.05, 3.63) is 89.2 Å². The number of aromatic nitrogens is 1. The van der Waals surface area contributed by atoms with Gasteiger partial charge < -0.3 is 10.2 Å². The molecule has 2 aromatic carbocycles. The van der Waals surface area contributed by atoms with Gasteiger partial charge in [-0.25, -0.2) is 0 Å². The van der Waals surface area contributed by atoms with Crippen LogP contribution >= 0.6 is 0 Å². The van der Waals surface area contributed by atoms with Crippen LogP contribution in [-0.2, 0) is 23.5 Å². The van der Waals surface area contributed by atoms with Crippen LogP contribution < -0.4 is 0 Å². The molecule has 1 atom stereocenters. The van der Waals surface area contributed by atoms with E-state index in [1.165, 1.54) is 0 Å². The van der Waals surface area contributed by atoms with Gasteiger partial charge in [-0.15, -0.1) is 0 Å². The van der Waals surface area contributed by atoms with Gasteiger partial charge in [-0.2, -0.15) is 26.3 Å². The lowest BCUT2D eigenvalue weighted by molar-refractivity contribution is -0.376. The summed E-state index contributed by atoms with van der Waals surface area (Å²) in [6, 6.07) is 11.8. The highest BCUT2D eigenvalue weighted by Gasteiger charge is 2.71. The molecule has 6 nitrogen and oxygen atoms in total. The minimum Gasteiger partial charge on any atom is -0.480 e. The average Bonchev–Trinajstić information content (AvgIpc) is 2.88. The highest BCUT2D eigenvalue weighted by atomic mass is 19.4. The second-order valence-electron chi connectivity index (χ2n) is 9.85. The van der Waals surface area contributed by atoms with Gasteiger partial charge in [0, 0.05) is 50.7 Å². The predicted octanol–water partition coefficient (Wildman–Crippen LogP) is 5.14. The van der Waals surface area contributed by atoms with Crippen molar-refractivity contribution in [1.82, 2.24) is 14.8 Å². The molecular weight excluding hydrogens is 540 g/mol. The summed E-state index contributed by atoms with van der Waals surface area (Å²) in [6.45, 7) is 4.22. The number of piperazine rings is 1. The van der Waals surface area contributed by atoms with Gasteiger partial charge in [0.2, 0.25) is 0 Å². The molecule has 1 fully saturated rings. The number of benzene rings is 2. The number of aliphatic hydroxyl groups is 1. The number of carbonyl (C=O) groups is 1. The molecule has 1 aliphatic rings. The zero-order valence-electron chi connectivity index (χ0n) is 21.4. The fourth-order valence-corrected chi connectivity index (χ4v) is 4.95. The maximum Gasteiger partial charge on any atom is 0.430 e. The van der Waals surface area contributed by atoms with Crippen LogP contribution in [0.25, 0.3) is 11.1 Å². The molecule has 1 aliphatic heterocycles. The first-order chi connectivity index (χ1) is 18.7. The fraction of sp³-hybridized carbons (Fsp3) is 0.357. The van der Waals surface area contributed by atoms with Gasteiger partial charge in [-0.1, -0.05) is 42.5 Å². The van der Waals surface area contributed by atoms with Crippen molar-refractivity contribution in [3.8, 4) is 11.1 Å². The first-order valence-electron chi connectivity index (χ1n) is 12.3. The molecule has 40 heavy (non-hydrogen) atoms. The molecule has 0 saturated carbocycles. The van der Waals surface area contributed by atoms with Gasteiger partial charge in [-0.3, -0.25) is 19.6 Å². The lowest BCUT2D eigenvalue weighted by atomic mass is 9.90.